The highest BCUT2D eigenvalue weighted by atomic mass is 14.2. The average molecular weight is 913 g/mol. The van der Waals surface area contributed by atoms with E-state index in [4.69, 9.17) is 0 Å². The number of benzene rings is 14. The van der Waals surface area contributed by atoms with Gasteiger partial charge in [-0.3, -0.25) is 0 Å². The predicted octanol–water partition coefficient (Wildman–Crippen LogP) is 20.3. The van der Waals surface area contributed by atoms with Crippen molar-refractivity contribution in [2.75, 3.05) is 0 Å². The van der Waals surface area contributed by atoms with Crippen molar-refractivity contribution in [3.05, 3.63) is 266 Å². The van der Waals surface area contributed by atoms with Crippen LogP contribution in [0.1, 0.15) is 11.1 Å². The van der Waals surface area contributed by atoms with Gasteiger partial charge < -0.3 is 0 Å². The van der Waals surface area contributed by atoms with E-state index in [1.54, 1.807) is 0 Å². The standard InChI is InChI=1S/C72H48/c1-45-37-46(2)39-62(38-45)70-44-69(55-28-19-52(20-29-55)61-32-23-49-11-5-8-14-58(49)42-61)65-34-33-63-67(53-24-15-50(16-25-53)59-30-21-47-9-3-6-12-56(47)40-59)43-68(64-35-36-66(70)72(65)71(63)64)54-26-17-51(18-27-54)60-31-22-48-10-4-7-13-57(48)41-60/h3-44H,1-2H3. The summed E-state index contributed by atoms with van der Waals surface area (Å²) in [4.78, 5) is 0. The van der Waals surface area contributed by atoms with Gasteiger partial charge in [0.05, 0.1) is 0 Å². The highest BCUT2D eigenvalue weighted by molar-refractivity contribution is 6.32. The summed E-state index contributed by atoms with van der Waals surface area (Å²) >= 11 is 0. The van der Waals surface area contributed by atoms with E-state index in [9.17, 15) is 0 Å². The van der Waals surface area contributed by atoms with E-state index < -0.39 is 0 Å². The van der Waals surface area contributed by atoms with E-state index >= 15 is 0 Å². The fourth-order valence-corrected chi connectivity index (χ4v) is 11.7. The zero-order valence-corrected chi connectivity index (χ0v) is 40.2. The molecule has 0 heteroatoms. The van der Waals surface area contributed by atoms with Crippen LogP contribution in [0, 0.1) is 13.8 Å². The quantitative estimate of drug-likeness (QED) is 0.140. The molecule has 336 valence electrons. The van der Waals surface area contributed by atoms with Crippen LogP contribution < -0.4 is 0 Å². The first-order valence-electron chi connectivity index (χ1n) is 25.1. The second-order valence-electron chi connectivity index (χ2n) is 19.8. The second-order valence-corrected chi connectivity index (χ2v) is 19.8. The summed E-state index contributed by atoms with van der Waals surface area (Å²) in [5.74, 6) is 0. The van der Waals surface area contributed by atoms with Gasteiger partial charge in [-0.2, -0.15) is 0 Å². The lowest BCUT2D eigenvalue weighted by Gasteiger charge is -2.22. The first kappa shape index (κ1) is 41.8. The first-order valence-corrected chi connectivity index (χ1v) is 25.1. The Morgan fingerprint density at radius 3 is 0.764 bits per heavy atom. The van der Waals surface area contributed by atoms with Gasteiger partial charge in [0.15, 0.2) is 0 Å². The van der Waals surface area contributed by atoms with E-state index in [2.05, 4.69) is 269 Å². The molecular formula is C72H48. The van der Waals surface area contributed by atoms with Crippen molar-refractivity contribution < 1.29 is 0 Å². The lowest BCUT2D eigenvalue weighted by molar-refractivity contribution is 1.39. The summed E-state index contributed by atoms with van der Waals surface area (Å²) in [5.41, 5.74) is 19.6. The molecule has 0 radical (unpaired) electrons. The molecule has 0 atom stereocenters. The van der Waals surface area contributed by atoms with Crippen LogP contribution in [0.5, 0.6) is 0 Å². The van der Waals surface area contributed by atoms with Gasteiger partial charge >= 0.3 is 0 Å². The van der Waals surface area contributed by atoms with Gasteiger partial charge in [-0.05, 0) is 187 Å². The predicted molar refractivity (Wildman–Crippen MR) is 310 cm³/mol. The molecule has 0 nitrogen and oxygen atoms in total. The van der Waals surface area contributed by atoms with Crippen molar-refractivity contribution >= 4 is 64.6 Å². The lowest BCUT2D eigenvalue weighted by atomic mass is 9.81. The molecule has 72 heavy (non-hydrogen) atoms. The molecule has 14 aromatic carbocycles. The Morgan fingerprint density at radius 2 is 0.444 bits per heavy atom. The molecule has 0 N–H and O–H groups in total. The Morgan fingerprint density at radius 1 is 0.181 bits per heavy atom. The van der Waals surface area contributed by atoms with Gasteiger partial charge in [-0.25, -0.2) is 0 Å². The molecule has 0 aliphatic heterocycles. The fourth-order valence-electron chi connectivity index (χ4n) is 11.7. The van der Waals surface area contributed by atoms with E-state index in [1.165, 1.54) is 154 Å². The highest BCUT2D eigenvalue weighted by Crippen LogP contribution is 2.49. The molecule has 0 fully saturated rings. The zero-order chi connectivity index (χ0) is 47.9. The molecule has 0 saturated carbocycles. The molecule has 0 aliphatic rings. The minimum atomic E-state index is 1.20. The summed E-state index contributed by atoms with van der Waals surface area (Å²) in [5, 5.41) is 15.2. The molecule has 0 amide bonds. The van der Waals surface area contributed by atoms with Crippen molar-refractivity contribution in [2.24, 2.45) is 0 Å². The van der Waals surface area contributed by atoms with Gasteiger partial charge in [0.1, 0.15) is 0 Å². The first-order chi connectivity index (χ1) is 35.5. The highest BCUT2D eigenvalue weighted by Gasteiger charge is 2.22. The zero-order valence-electron chi connectivity index (χ0n) is 40.2. The van der Waals surface area contributed by atoms with Crippen molar-refractivity contribution in [1.82, 2.24) is 0 Å². The number of rotatable bonds is 7. The molecule has 0 bridgehead atoms. The normalized spacial score (nSPS) is 11.8. The number of hydrogen-bond donors (Lipinski definition) is 0. The van der Waals surface area contributed by atoms with Gasteiger partial charge in [-0.15, -0.1) is 0 Å². The third-order valence-corrected chi connectivity index (χ3v) is 15.3. The number of fused-ring (bicyclic) bond motifs is 3. The topological polar surface area (TPSA) is 0 Å². The Kier molecular flexibility index (Phi) is 9.76. The van der Waals surface area contributed by atoms with Gasteiger partial charge in [0.2, 0.25) is 0 Å². The molecule has 0 aliphatic carbocycles. The minimum Gasteiger partial charge on any atom is -0.0616 e. The van der Waals surface area contributed by atoms with Crippen LogP contribution in [-0.4, -0.2) is 0 Å². The summed E-state index contributed by atoms with van der Waals surface area (Å²) in [6.07, 6.45) is 0. The molecule has 0 saturated heterocycles. The SMILES string of the molecule is Cc1cc(C)cc(-c2cc(-c3ccc(-c4ccc5ccccc5c4)cc3)c3ccc4c(-c5ccc(-c6ccc7ccccc7c6)cc5)cc(-c5ccc(-c6ccc7ccccc7c6)cc5)c5ccc2c3c45)c1. The molecule has 14 aromatic rings. The Hall–Kier alpha value is -9.10. The number of hydrogen-bond acceptors (Lipinski definition) is 0. The van der Waals surface area contributed by atoms with Crippen molar-refractivity contribution in [3.8, 4) is 77.9 Å². The van der Waals surface area contributed by atoms with Gasteiger partial charge in [0.25, 0.3) is 0 Å². The third kappa shape index (κ3) is 7.14. The third-order valence-electron chi connectivity index (χ3n) is 15.3. The molecule has 0 unspecified atom stereocenters. The molecule has 14 rings (SSSR count). The summed E-state index contributed by atoms with van der Waals surface area (Å²) < 4.78 is 0. The lowest BCUT2D eigenvalue weighted by Crippen LogP contribution is -1.95. The van der Waals surface area contributed by atoms with Crippen molar-refractivity contribution in [1.29, 1.82) is 0 Å². The maximum atomic E-state index is 2.46. The van der Waals surface area contributed by atoms with Crippen LogP contribution >= 0.6 is 0 Å². The molecule has 0 spiro atoms. The molecular weight excluding hydrogens is 865 g/mol. The Bertz CT molecular complexity index is 4260. The maximum absolute atomic E-state index is 2.46. The number of aryl methyl sites for hydroxylation is 2. The second kappa shape index (κ2) is 16.8. The van der Waals surface area contributed by atoms with Crippen LogP contribution in [0.15, 0.2) is 255 Å². The monoisotopic (exact) mass is 912 g/mol. The van der Waals surface area contributed by atoms with Crippen LogP contribution in [0.4, 0.5) is 0 Å². The van der Waals surface area contributed by atoms with Crippen LogP contribution in [0.3, 0.4) is 0 Å². The smallest absolute Gasteiger partial charge is 0.00139 e. The van der Waals surface area contributed by atoms with Crippen LogP contribution in [0.25, 0.3) is 143 Å². The molecule has 0 aromatic heterocycles. The summed E-state index contributed by atoms with van der Waals surface area (Å²) in [6.45, 7) is 4.43. The van der Waals surface area contributed by atoms with E-state index in [-0.39, 0.29) is 0 Å². The van der Waals surface area contributed by atoms with Crippen LogP contribution in [0.2, 0.25) is 0 Å². The van der Waals surface area contributed by atoms with Gasteiger partial charge in [-0.1, -0.05) is 236 Å². The van der Waals surface area contributed by atoms with E-state index in [1.807, 2.05) is 0 Å². The van der Waals surface area contributed by atoms with Crippen molar-refractivity contribution in [3.63, 3.8) is 0 Å². The summed E-state index contributed by atoms with van der Waals surface area (Å²) in [6, 6.07) is 95.4. The summed E-state index contributed by atoms with van der Waals surface area (Å²) in [7, 11) is 0. The fraction of sp³-hybridized carbons (Fsp3) is 0.0278. The molecule has 0 heterocycles. The Balaban J connectivity index is 0.988. The maximum Gasteiger partial charge on any atom is -0.00139 e. The van der Waals surface area contributed by atoms with E-state index in [0.717, 1.165) is 0 Å². The largest absolute Gasteiger partial charge is 0.0616 e. The minimum absolute atomic E-state index is 1.20. The van der Waals surface area contributed by atoms with Crippen molar-refractivity contribution in [2.45, 2.75) is 13.8 Å². The Labute approximate surface area is 420 Å². The average Bonchev–Trinajstić information content (AvgIpc) is 3.43. The van der Waals surface area contributed by atoms with Gasteiger partial charge in [0, 0.05) is 0 Å². The van der Waals surface area contributed by atoms with E-state index in [0.29, 0.717) is 0 Å². The van der Waals surface area contributed by atoms with Crippen LogP contribution in [-0.2, 0) is 0 Å².